The Bertz CT molecular complexity index is 708. The Labute approximate surface area is 136 Å². The summed E-state index contributed by atoms with van der Waals surface area (Å²) in [7, 11) is 3.29. The summed E-state index contributed by atoms with van der Waals surface area (Å²) in [5, 5.41) is 0. The topological polar surface area (TPSA) is 46.6 Å². The molecule has 0 aliphatic carbocycles. The van der Waals surface area contributed by atoms with Crippen LogP contribution in [-0.2, 0) is 9.53 Å². The zero-order valence-electron chi connectivity index (χ0n) is 13.9. The number of rotatable bonds is 4. The van der Waals surface area contributed by atoms with Crippen LogP contribution in [0.1, 0.15) is 33.2 Å². The third kappa shape index (κ3) is 3.97. The van der Waals surface area contributed by atoms with Crippen LogP contribution in [0.15, 0.2) is 48.5 Å². The van der Waals surface area contributed by atoms with Crippen molar-refractivity contribution in [3.8, 4) is 0 Å². The first-order valence-corrected chi connectivity index (χ1v) is 7.44. The highest BCUT2D eigenvalue weighted by Gasteiger charge is 2.27. The molecule has 1 amide bonds. The number of amides is 1. The van der Waals surface area contributed by atoms with E-state index in [1.165, 1.54) is 4.90 Å². The van der Waals surface area contributed by atoms with Gasteiger partial charge in [-0.05, 0) is 25.5 Å². The lowest BCUT2D eigenvalue weighted by Crippen LogP contribution is -2.31. The molecule has 0 unspecified atom stereocenters. The molecule has 0 aliphatic heterocycles. The first kappa shape index (κ1) is 16.7. The Morgan fingerprint density at radius 3 is 2.26 bits per heavy atom. The van der Waals surface area contributed by atoms with E-state index in [0.29, 0.717) is 11.1 Å². The molecule has 0 radical (unpaired) electrons. The fourth-order valence-corrected chi connectivity index (χ4v) is 2.25. The molecule has 0 saturated carbocycles. The summed E-state index contributed by atoms with van der Waals surface area (Å²) >= 11 is 0. The molecule has 0 aliphatic rings. The molecule has 1 atom stereocenters. The number of carbonyl (C=O) groups excluding carboxylic acids is 2. The number of aryl methyl sites for hydroxylation is 2. The van der Waals surface area contributed by atoms with Crippen molar-refractivity contribution >= 4 is 11.9 Å². The van der Waals surface area contributed by atoms with Crippen molar-refractivity contribution in [1.82, 2.24) is 4.90 Å². The molecule has 2 aromatic carbocycles. The Balaban J connectivity index is 2.32. The molecule has 23 heavy (non-hydrogen) atoms. The predicted molar refractivity (Wildman–Crippen MR) is 89.2 cm³/mol. The Morgan fingerprint density at radius 1 is 1.00 bits per heavy atom. The number of esters is 1. The van der Waals surface area contributed by atoms with Gasteiger partial charge in [0.25, 0.3) is 5.91 Å². The zero-order valence-corrected chi connectivity index (χ0v) is 13.9. The maximum absolute atomic E-state index is 12.5. The van der Waals surface area contributed by atoms with Crippen molar-refractivity contribution in [3.63, 3.8) is 0 Å². The molecule has 0 fully saturated rings. The van der Waals surface area contributed by atoms with E-state index in [1.807, 2.05) is 44.2 Å². The number of carbonyl (C=O) groups is 2. The van der Waals surface area contributed by atoms with Crippen LogP contribution in [0.3, 0.4) is 0 Å². The lowest BCUT2D eigenvalue weighted by atomic mass is 10.1. The van der Waals surface area contributed by atoms with Crippen molar-refractivity contribution in [3.05, 3.63) is 70.8 Å². The molecule has 0 N–H and O–H groups in total. The number of ether oxygens (including phenoxy) is 1. The van der Waals surface area contributed by atoms with Crippen LogP contribution < -0.4 is 0 Å². The molecule has 2 aromatic rings. The van der Waals surface area contributed by atoms with Crippen molar-refractivity contribution in [1.29, 1.82) is 0 Å². The molecule has 0 spiro atoms. The third-order valence-corrected chi connectivity index (χ3v) is 3.61. The van der Waals surface area contributed by atoms with E-state index in [-0.39, 0.29) is 5.91 Å². The molecule has 4 nitrogen and oxygen atoms in total. The van der Waals surface area contributed by atoms with E-state index >= 15 is 0 Å². The highest BCUT2D eigenvalue weighted by atomic mass is 16.5. The Kier molecular flexibility index (Phi) is 5.16. The van der Waals surface area contributed by atoms with E-state index in [4.69, 9.17) is 4.74 Å². The van der Waals surface area contributed by atoms with Gasteiger partial charge in [-0.15, -0.1) is 0 Å². The average Bonchev–Trinajstić information content (AvgIpc) is 2.54. The quantitative estimate of drug-likeness (QED) is 0.814. The maximum Gasteiger partial charge on any atom is 0.339 e. The van der Waals surface area contributed by atoms with Crippen LogP contribution in [0.5, 0.6) is 0 Å². The number of likely N-dealkylation sites (N-methyl/N-ethyl adjacent to an activating group) is 1. The van der Waals surface area contributed by atoms with E-state index in [9.17, 15) is 9.59 Å². The van der Waals surface area contributed by atoms with Crippen LogP contribution in [0.2, 0.25) is 0 Å². The van der Waals surface area contributed by atoms with Crippen molar-refractivity contribution in [2.75, 3.05) is 14.1 Å². The van der Waals surface area contributed by atoms with Crippen molar-refractivity contribution in [2.24, 2.45) is 0 Å². The second-order valence-corrected chi connectivity index (χ2v) is 5.75. The lowest BCUT2D eigenvalue weighted by Gasteiger charge is -2.21. The first-order chi connectivity index (χ1) is 10.9. The molecule has 0 saturated heterocycles. The fraction of sp³-hybridized carbons (Fsp3) is 0.263. The van der Waals surface area contributed by atoms with Crippen LogP contribution in [0, 0.1) is 13.8 Å². The predicted octanol–water partition coefficient (Wildman–Crippen LogP) is 3.29. The van der Waals surface area contributed by atoms with E-state index in [1.54, 1.807) is 32.3 Å². The number of hydrogen-bond acceptors (Lipinski definition) is 3. The molecule has 0 aromatic heterocycles. The zero-order chi connectivity index (χ0) is 17.0. The van der Waals surface area contributed by atoms with Gasteiger partial charge in [-0.25, -0.2) is 4.79 Å². The summed E-state index contributed by atoms with van der Waals surface area (Å²) in [4.78, 5) is 26.4. The molecular formula is C19H21NO3. The maximum atomic E-state index is 12.5. The third-order valence-electron chi connectivity index (χ3n) is 3.61. The highest BCUT2D eigenvalue weighted by molar-refractivity contribution is 5.94. The van der Waals surface area contributed by atoms with E-state index in [0.717, 1.165) is 11.1 Å². The minimum Gasteiger partial charge on any atom is -0.444 e. The fourth-order valence-electron chi connectivity index (χ4n) is 2.25. The van der Waals surface area contributed by atoms with Gasteiger partial charge in [0, 0.05) is 19.7 Å². The van der Waals surface area contributed by atoms with Crippen LogP contribution in [-0.4, -0.2) is 30.9 Å². The number of nitrogens with zero attached hydrogens (tertiary/aromatic N) is 1. The minimum absolute atomic E-state index is 0.269. The Hall–Kier alpha value is -2.62. The average molecular weight is 311 g/mol. The normalized spacial score (nSPS) is 11.7. The van der Waals surface area contributed by atoms with Crippen LogP contribution >= 0.6 is 0 Å². The number of hydrogen-bond donors (Lipinski definition) is 0. The second kappa shape index (κ2) is 7.09. The lowest BCUT2D eigenvalue weighted by molar-refractivity contribution is -0.138. The standard InChI is InChI=1S/C19H21NO3/c1-13-10-11-14(2)16(12-13)19(22)23-17(18(21)20(3)4)15-8-6-5-7-9-15/h5-12,17H,1-4H3/t17-/m1/s1. The monoisotopic (exact) mass is 311 g/mol. The smallest absolute Gasteiger partial charge is 0.339 e. The molecule has 4 heteroatoms. The van der Waals surface area contributed by atoms with Gasteiger partial charge in [0.1, 0.15) is 0 Å². The van der Waals surface area contributed by atoms with E-state index in [2.05, 4.69) is 0 Å². The first-order valence-electron chi connectivity index (χ1n) is 7.44. The van der Waals surface area contributed by atoms with Gasteiger partial charge in [0.15, 0.2) is 0 Å². The SMILES string of the molecule is Cc1ccc(C)c(C(=O)O[C@@H](C(=O)N(C)C)c2ccccc2)c1. The Morgan fingerprint density at radius 2 is 1.65 bits per heavy atom. The number of benzene rings is 2. The van der Waals surface area contributed by atoms with Gasteiger partial charge in [0.2, 0.25) is 6.10 Å². The highest BCUT2D eigenvalue weighted by Crippen LogP contribution is 2.22. The summed E-state index contributed by atoms with van der Waals surface area (Å²) in [5.74, 6) is -0.759. The summed E-state index contributed by atoms with van der Waals surface area (Å²) in [6.07, 6.45) is -0.946. The van der Waals surface area contributed by atoms with Gasteiger partial charge in [-0.2, -0.15) is 0 Å². The van der Waals surface area contributed by atoms with Gasteiger partial charge in [-0.3, -0.25) is 4.79 Å². The molecule has 2 rings (SSSR count). The molecular weight excluding hydrogens is 290 g/mol. The summed E-state index contributed by atoms with van der Waals surface area (Å²) in [6.45, 7) is 3.76. The largest absolute Gasteiger partial charge is 0.444 e. The molecule has 0 heterocycles. The summed E-state index contributed by atoms with van der Waals surface area (Å²) in [6, 6.07) is 14.6. The van der Waals surface area contributed by atoms with Gasteiger partial charge in [-0.1, -0.05) is 48.0 Å². The molecule has 0 bridgehead atoms. The van der Waals surface area contributed by atoms with Crippen LogP contribution in [0.4, 0.5) is 0 Å². The van der Waals surface area contributed by atoms with Gasteiger partial charge >= 0.3 is 5.97 Å². The summed E-state index contributed by atoms with van der Waals surface area (Å²) in [5.41, 5.74) is 2.94. The summed E-state index contributed by atoms with van der Waals surface area (Å²) < 4.78 is 5.55. The van der Waals surface area contributed by atoms with Gasteiger partial charge in [0.05, 0.1) is 5.56 Å². The molecule has 120 valence electrons. The van der Waals surface area contributed by atoms with Crippen molar-refractivity contribution in [2.45, 2.75) is 20.0 Å². The van der Waals surface area contributed by atoms with E-state index < -0.39 is 12.1 Å². The minimum atomic E-state index is -0.946. The van der Waals surface area contributed by atoms with Crippen LogP contribution in [0.25, 0.3) is 0 Å². The second-order valence-electron chi connectivity index (χ2n) is 5.75. The van der Waals surface area contributed by atoms with Crippen molar-refractivity contribution < 1.29 is 14.3 Å². The van der Waals surface area contributed by atoms with Gasteiger partial charge < -0.3 is 9.64 Å².